The van der Waals surface area contributed by atoms with Gasteiger partial charge in [0.05, 0.1) is 0 Å². The molecule has 1 saturated carbocycles. The van der Waals surface area contributed by atoms with Gasteiger partial charge in [-0.3, -0.25) is 0 Å². The van der Waals surface area contributed by atoms with Crippen molar-refractivity contribution >= 4 is 0 Å². The van der Waals surface area contributed by atoms with E-state index in [1.165, 1.54) is 32.2 Å². The van der Waals surface area contributed by atoms with E-state index in [4.69, 9.17) is 0 Å². The van der Waals surface area contributed by atoms with Crippen LogP contribution in [0.3, 0.4) is 0 Å². The fraction of sp³-hybridized carbons (Fsp3) is 1.00. The Labute approximate surface area is 63.4 Å². The van der Waals surface area contributed by atoms with Crippen molar-refractivity contribution in [3.8, 4) is 0 Å². The van der Waals surface area contributed by atoms with Crippen LogP contribution in [-0.4, -0.2) is 24.0 Å². The van der Waals surface area contributed by atoms with Crippen LogP contribution < -0.4 is 0 Å². The fourth-order valence-electron chi connectivity index (χ4n) is 2.70. The SMILES string of the molecule is CCC1CC12CCCN2C. The van der Waals surface area contributed by atoms with Gasteiger partial charge in [0.15, 0.2) is 0 Å². The standard InChI is InChI=1S/C9H17N/c1-3-8-7-9(8)5-4-6-10(9)2/h8H,3-7H2,1-2H3. The topological polar surface area (TPSA) is 3.24 Å². The summed E-state index contributed by atoms with van der Waals surface area (Å²) in [5.74, 6) is 1.04. The first-order chi connectivity index (χ1) is 4.79. The average Bonchev–Trinajstić information content (AvgIpc) is 2.52. The van der Waals surface area contributed by atoms with E-state index in [9.17, 15) is 0 Å². The molecule has 0 aromatic carbocycles. The van der Waals surface area contributed by atoms with Crippen molar-refractivity contribution in [2.75, 3.05) is 13.6 Å². The molecule has 0 amide bonds. The maximum Gasteiger partial charge on any atom is 0.0239 e. The van der Waals surface area contributed by atoms with Crippen LogP contribution in [0.1, 0.15) is 32.6 Å². The summed E-state index contributed by atoms with van der Waals surface area (Å²) in [7, 11) is 2.29. The molecular weight excluding hydrogens is 122 g/mol. The molecule has 10 heavy (non-hydrogen) atoms. The summed E-state index contributed by atoms with van der Waals surface area (Å²) in [6.45, 7) is 3.67. The molecule has 0 aromatic rings. The van der Waals surface area contributed by atoms with Gasteiger partial charge in [-0.1, -0.05) is 13.3 Å². The van der Waals surface area contributed by atoms with Crippen LogP contribution in [0.2, 0.25) is 0 Å². The zero-order chi connectivity index (χ0) is 7.19. The molecule has 2 atom stereocenters. The predicted octanol–water partition coefficient (Wildman–Crippen LogP) is 1.88. The van der Waals surface area contributed by atoms with Crippen molar-refractivity contribution in [2.45, 2.75) is 38.1 Å². The van der Waals surface area contributed by atoms with Crippen molar-refractivity contribution in [3.63, 3.8) is 0 Å². The van der Waals surface area contributed by atoms with Gasteiger partial charge in [-0.2, -0.15) is 0 Å². The van der Waals surface area contributed by atoms with E-state index in [0.717, 1.165) is 5.92 Å². The second kappa shape index (κ2) is 1.97. The Balaban J connectivity index is 2.04. The highest BCUT2D eigenvalue weighted by Crippen LogP contribution is 2.55. The van der Waals surface area contributed by atoms with Gasteiger partial charge in [0.25, 0.3) is 0 Å². The number of hydrogen-bond acceptors (Lipinski definition) is 1. The lowest BCUT2D eigenvalue weighted by Crippen LogP contribution is -2.28. The average molecular weight is 139 g/mol. The maximum atomic E-state index is 2.58. The lowest BCUT2D eigenvalue weighted by Gasteiger charge is -2.19. The van der Waals surface area contributed by atoms with Gasteiger partial charge < -0.3 is 4.90 Å². The Hall–Kier alpha value is -0.0400. The predicted molar refractivity (Wildman–Crippen MR) is 43.0 cm³/mol. The minimum Gasteiger partial charge on any atom is -0.300 e. The van der Waals surface area contributed by atoms with Gasteiger partial charge in [0.1, 0.15) is 0 Å². The second-order valence-corrected chi connectivity index (χ2v) is 3.94. The highest BCUT2D eigenvalue weighted by molar-refractivity contribution is 5.12. The molecule has 1 saturated heterocycles. The molecule has 2 fully saturated rings. The highest BCUT2D eigenvalue weighted by Gasteiger charge is 2.57. The summed E-state index contributed by atoms with van der Waals surface area (Å²) in [6, 6.07) is 0. The summed E-state index contributed by atoms with van der Waals surface area (Å²) in [5, 5.41) is 0. The molecule has 1 aliphatic heterocycles. The van der Waals surface area contributed by atoms with Crippen LogP contribution in [0.15, 0.2) is 0 Å². The van der Waals surface area contributed by atoms with Gasteiger partial charge in [-0.15, -0.1) is 0 Å². The fourth-order valence-corrected chi connectivity index (χ4v) is 2.70. The van der Waals surface area contributed by atoms with Crippen LogP contribution in [0.25, 0.3) is 0 Å². The van der Waals surface area contributed by atoms with E-state index >= 15 is 0 Å². The molecule has 1 aliphatic carbocycles. The van der Waals surface area contributed by atoms with Gasteiger partial charge in [-0.25, -0.2) is 0 Å². The molecule has 0 bridgehead atoms. The van der Waals surface area contributed by atoms with Crippen molar-refractivity contribution in [3.05, 3.63) is 0 Å². The van der Waals surface area contributed by atoms with Crippen molar-refractivity contribution in [2.24, 2.45) is 5.92 Å². The zero-order valence-electron chi connectivity index (χ0n) is 7.06. The molecule has 1 heterocycles. The third-order valence-electron chi connectivity index (χ3n) is 3.56. The minimum absolute atomic E-state index is 0.703. The quantitative estimate of drug-likeness (QED) is 0.536. The van der Waals surface area contributed by atoms with Crippen LogP contribution in [0.4, 0.5) is 0 Å². The molecule has 1 heteroatoms. The maximum absolute atomic E-state index is 2.58. The molecular formula is C9H17N. The van der Waals surface area contributed by atoms with Crippen LogP contribution >= 0.6 is 0 Å². The smallest absolute Gasteiger partial charge is 0.0239 e. The van der Waals surface area contributed by atoms with Gasteiger partial charge in [0.2, 0.25) is 0 Å². The summed E-state index contributed by atoms with van der Waals surface area (Å²) in [5.41, 5.74) is 0.703. The first-order valence-electron chi connectivity index (χ1n) is 4.51. The molecule has 2 aliphatic rings. The van der Waals surface area contributed by atoms with Crippen molar-refractivity contribution < 1.29 is 0 Å². The molecule has 1 nitrogen and oxygen atoms in total. The Kier molecular flexibility index (Phi) is 1.31. The normalized spacial score (nSPS) is 46.8. The number of nitrogens with zero attached hydrogens (tertiary/aromatic N) is 1. The Bertz CT molecular complexity index is 144. The van der Waals surface area contributed by atoms with Gasteiger partial charge in [-0.05, 0) is 38.8 Å². The summed E-state index contributed by atoms with van der Waals surface area (Å²) >= 11 is 0. The van der Waals surface area contributed by atoms with Gasteiger partial charge in [0, 0.05) is 5.54 Å². The third-order valence-corrected chi connectivity index (χ3v) is 3.56. The molecule has 1 spiro atoms. The molecule has 2 unspecified atom stereocenters. The Morgan fingerprint density at radius 1 is 1.60 bits per heavy atom. The van der Waals surface area contributed by atoms with E-state index in [-0.39, 0.29) is 0 Å². The van der Waals surface area contributed by atoms with Crippen molar-refractivity contribution in [1.82, 2.24) is 4.90 Å². The molecule has 0 radical (unpaired) electrons. The first-order valence-corrected chi connectivity index (χ1v) is 4.51. The Morgan fingerprint density at radius 3 is 2.80 bits per heavy atom. The molecule has 58 valence electrons. The van der Waals surface area contributed by atoms with E-state index < -0.39 is 0 Å². The molecule has 2 rings (SSSR count). The summed E-state index contributed by atoms with van der Waals surface area (Å²) in [6.07, 6.45) is 5.79. The van der Waals surface area contributed by atoms with E-state index in [1.807, 2.05) is 0 Å². The van der Waals surface area contributed by atoms with E-state index in [2.05, 4.69) is 18.9 Å². The van der Waals surface area contributed by atoms with Crippen LogP contribution in [0.5, 0.6) is 0 Å². The van der Waals surface area contributed by atoms with Crippen LogP contribution in [0, 0.1) is 5.92 Å². The second-order valence-electron chi connectivity index (χ2n) is 3.94. The molecule has 0 N–H and O–H groups in total. The monoisotopic (exact) mass is 139 g/mol. The number of rotatable bonds is 1. The van der Waals surface area contributed by atoms with E-state index in [0.29, 0.717) is 5.54 Å². The first kappa shape index (κ1) is 6.66. The highest BCUT2D eigenvalue weighted by atomic mass is 15.2. The lowest BCUT2D eigenvalue weighted by molar-refractivity contribution is 0.268. The largest absolute Gasteiger partial charge is 0.300 e. The van der Waals surface area contributed by atoms with Crippen LogP contribution in [-0.2, 0) is 0 Å². The zero-order valence-corrected chi connectivity index (χ0v) is 7.06. The molecule has 0 aromatic heterocycles. The van der Waals surface area contributed by atoms with Crippen molar-refractivity contribution in [1.29, 1.82) is 0 Å². The minimum atomic E-state index is 0.703. The summed E-state index contributed by atoms with van der Waals surface area (Å²) < 4.78 is 0. The number of likely N-dealkylation sites (tertiary alicyclic amines) is 1. The number of hydrogen-bond donors (Lipinski definition) is 0. The Morgan fingerprint density at radius 2 is 2.40 bits per heavy atom. The lowest BCUT2D eigenvalue weighted by atomic mass is 10.1. The summed E-state index contributed by atoms with van der Waals surface area (Å²) in [4.78, 5) is 2.58. The van der Waals surface area contributed by atoms with Gasteiger partial charge >= 0.3 is 0 Å². The van der Waals surface area contributed by atoms with E-state index in [1.54, 1.807) is 0 Å². The third kappa shape index (κ3) is 0.672.